The van der Waals surface area contributed by atoms with Gasteiger partial charge in [-0.25, -0.2) is 4.98 Å². The number of aliphatic carboxylic acids is 1. The van der Waals surface area contributed by atoms with Crippen LogP contribution in [0.3, 0.4) is 0 Å². The molecule has 7 heteroatoms. The Kier molecular flexibility index (Phi) is 4.28. The zero-order valence-corrected chi connectivity index (χ0v) is 11.9. The van der Waals surface area contributed by atoms with Crippen LogP contribution in [0.25, 0.3) is 10.9 Å². The van der Waals surface area contributed by atoms with Gasteiger partial charge < -0.3 is 15.5 Å². The number of nitrogens with zero attached hydrogens (tertiary/aromatic N) is 1. The molecule has 2 aromatic rings. The predicted octanol–water partition coefficient (Wildman–Crippen LogP) is 1.97. The largest absolute Gasteiger partial charge is 0.505 e. The van der Waals surface area contributed by atoms with Crippen LogP contribution in [-0.2, 0) is 11.2 Å². The molecule has 0 saturated carbocycles. The van der Waals surface area contributed by atoms with E-state index in [0.29, 0.717) is 27.9 Å². The summed E-state index contributed by atoms with van der Waals surface area (Å²) in [5, 5.41) is 22.1. The third-order valence-electron chi connectivity index (χ3n) is 3.00. The van der Waals surface area contributed by atoms with E-state index >= 15 is 0 Å². The number of carboxylic acid groups (broad SMARTS) is 1. The van der Waals surface area contributed by atoms with Gasteiger partial charge in [0.05, 0.1) is 5.52 Å². The lowest BCUT2D eigenvalue weighted by atomic mass is 10.0. The van der Waals surface area contributed by atoms with Crippen molar-refractivity contribution < 1.29 is 19.8 Å². The molecule has 1 aromatic heterocycles. The fourth-order valence-corrected chi connectivity index (χ4v) is 2.22. The quantitative estimate of drug-likeness (QED) is 0.802. The third-order valence-corrected chi connectivity index (χ3v) is 3.23. The molecule has 21 heavy (non-hydrogen) atoms. The first kappa shape index (κ1) is 15.1. The van der Waals surface area contributed by atoms with Crippen LogP contribution in [0.2, 0.25) is 5.02 Å². The Labute approximate surface area is 125 Å². The Morgan fingerprint density at radius 3 is 2.71 bits per heavy atom. The summed E-state index contributed by atoms with van der Waals surface area (Å²) in [5.41, 5.74) is 0.831. The van der Waals surface area contributed by atoms with Crippen molar-refractivity contribution in [2.75, 3.05) is 6.54 Å². The summed E-state index contributed by atoms with van der Waals surface area (Å²) < 4.78 is 0. The molecule has 0 aliphatic heterocycles. The van der Waals surface area contributed by atoms with E-state index in [4.69, 9.17) is 16.7 Å². The maximum Gasteiger partial charge on any atom is 0.322 e. The van der Waals surface area contributed by atoms with Crippen LogP contribution in [0.15, 0.2) is 18.2 Å². The lowest BCUT2D eigenvalue weighted by molar-refractivity contribution is -0.135. The zero-order valence-electron chi connectivity index (χ0n) is 11.2. The highest BCUT2D eigenvalue weighted by molar-refractivity contribution is 6.31. The second-order valence-corrected chi connectivity index (χ2v) is 4.82. The maximum absolute atomic E-state index is 11.9. The summed E-state index contributed by atoms with van der Waals surface area (Å²) in [4.78, 5) is 26.5. The van der Waals surface area contributed by atoms with Gasteiger partial charge in [-0.1, -0.05) is 24.6 Å². The number of halogens is 1. The second kappa shape index (κ2) is 5.97. The minimum absolute atomic E-state index is 0.206. The number of fused-ring (bicyclic) bond motifs is 1. The molecular weight excluding hydrogens is 296 g/mol. The highest BCUT2D eigenvalue weighted by Gasteiger charge is 2.19. The fourth-order valence-electron chi connectivity index (χ4n) is 2.05. The first-order valence-electron chi connectivity index (χ1n) is 6.25. The SMILES string of the molecule is CCc1c(O)c(C(=O)NCC(=O)O)nc2cc(Cl)ccc12. The second-order valence-electron chi connectivity index (χ2n) is 4.38. The lowest BCUT2D eigenvalue weighted by Gasteiger charge is -2.11. The van der Waals surface area contributed by atoms with Crippen molar-refractivity contribution in [2.45, 2.75) is 13.3 Å². The van der Waals surface area contributed by atoms with Crippen LogP contribution in [0.4, 0.5) is 0 Å². The number of carbonyl (C=O) groups is 2. The van der Waals surface area contributed by atoms with Crippen molar-refractivity contribution in [3.05, 3.63) is 34.5 Å². The number of carboxylic acids is 1. The number of amides is 1. The fraction of sp³-hybridized carbons (Fsp3) is 0.214. The van der Waals surface area contributed by atoms with Gasteiger partial charge in [0.15, 0.2) is 11.4 Å². The molecule has 0 aliphatic carbocycles. The maximum atomic E-state index is 11.9. The number of hydrogen-bond donors (Lipinski definition) is 3. The number of pyridine rings is 1. The monoisotopic (exact) mass is 308 g/mol. The van der Waals surface area contributed by atoms with Gasteiger partial charge in [0.1, 0.15) is 6.54 Å². The lowest BCUT2D eigenvalue weighted by Crippen LogP contribution is -2.30. The number of rotatable bonds is 4. The summed E-state index contributed by atoms with van der Waals surface area (Å²) in [6.07, 6.45) is 0.492. The number of benzene rings is 1. The van der Waals surface area contributed by atoms with E-state index < -0.39 is 18.4 Å². The molecule has 1 amide bonds. The van der Waals surface area contributed by atoms with Crippen molar-refractivity contribution in [3.8, 4) is 5.75 Å². The van der Waals surface area contributed by atoms with Gasteiger partial charge in [-0.05, 0) is 18.6 Å². The normalized spacial score (nSPS) is 10.6. The van der Waals surface area contributed by atoms with Crippen molar-refractivity contribution in [2.24, 2.45) is 0 Å². The number of aromatic nitrogens is 1. The highest BCUT2D eigenvalue weighted by Crippen LogP contribution is 2.30. The van der Waals surface area contributed by atoms with E-state index in [1.807, 2.05) is 6.92 Å². The molecule has 0 aliphatic rings. The molecule has 1 heterocycles. The average molecular weight is 309 g/mol. The minimum Gasteiger partial charge on any atom is -0.505 e. The number of hydrogen-bond acceptors (Lipinski definition) is 4. The third kappa shape index (κ3) is 3.05. The van der Waals surface area contributed by atoms with Crippen LogP contribution >= 0.6 is 11.6 Å². The Morgan fingerprint density at radius 2 is 2.10 bits per heavy atom. The molecule has 6 nitrogen and oxygen atoms in total. The van der Waals surface area contributed by atoms with E-state index in [0.717, 1.165) is 0 Å². The summed E-state index contributed by atoms with van der Waals surface area (Å²) >= 11 is 5.91. The van der Waals surface area contributed by atoms with Gasteiger partial charge in [-0.2, -0.15) is 0 Å². The number of aromatic hydroxyl groups is 1. The zero-order chi connectivity index (χ0) is 15.6. The topological polar surface area (TPSA) is 99.5 Å². The number of nitrogens with one attached hydrogen (secondary N) is 1. The Balaban J connectivity index is 2.55. The van der Waals surface area contributed by atoms with Gasteiger partial charge in [-0.15, -0.1) is 0 Å². The van der Waals surface area contributed by atoms with Crippen molar-refractivity contribution in [1.29, 1.82) is 0 Å². The standard InChI is InChI=1S/C14H13ClN2O4/c1-2-8-9-4-3-7(15)5-10(9)17-12(13(8)20)14(21)16-6-11(18)19/h3-5,20H,2,6H2,1H3,(H,16,21)(H,18,19). The van der Waals surface area contributed by atoms with Crippen molar-refractivity contribution >= 4 is 34.4 Å². The molecule has 0 spiro atoms. The van der Waals surface area contributed by atoms with E-state index in [-0.39, 0.29) is 11.4 Å². The summed E-state index contributed by atoms with van der Waals surface area (Å²) in [5.74, 6) is -2.16. The average Bonchev–Trinajstić information content (AvgIpc) is 2.44. The molecule has 3 N–H and O–H groups in total. The van der Waals surface area contributed by atoms with Crippen LogP contribution in [0.1, 0.15) is 23.0 Å². The molecule has 0 atom stereocenters. The summed E-state index contributed by atoms with van der Waals surface area (Å²) in [6.45, 7) is 1.29. The molecule has 110 valence electrons. The molecule has 0 saturated heterocycles. The van der Waals surface area contributed by atoms with E-state index in [2.05, 4.69) is 10.3 Å². The molecule has 0 fully saturated rings. The van der Waals surface area contributed by atoms with Crippen LogP contribution in [0.5, 0.6) is 5.75 Å². The smallest absolute Gasteiger partial charge is 0.322 e. The van der Waals surface area contributed by atoms with Crippen molar-refractivity contribution in [1.82, 2.24) is 10.3 Å². The minimum atomic E-state index is -1.18. The molecule has 2 rings (SSSR count). The van der Waals surface area contributed by atoms with Crippen LogP contribution in [-0.4, -0.2) is 33.6 Å². The summed E-state index contributed by atoms with van der Waals surface area (Å²) in [6, 6.07) is 4.99. The molecule has 0 unspecified atom stereocenters. The Morgan fingerprint density at radius 1 is 1.38 bits per heavy atom. The first-order valence-corrected chi connectivity index (χ1v) is 6.63. The highest BCUT2D eigenvalue weighted by atomic mass is 35.5. The van der Waals surface area contributed by atoms with Gasteiger partial charge in [-0.3, -0.25) is 9.59 Å². The molecule has 1 aromatic carbocycles. The van der Waals surface area contributed by atoms with Crippen molar-refractivity contribution in [3.63, 3.8) is 0 Å². The first-order chi connectivity index (χ1) is 9.93. The molecule has 0 radical (unpaired) electrons. The Hall–Kier alpha value is -2.34. The van der Waals surface area contributed by atoms with Crippen LogP contribution in [0, 0.1) is 0 Å². The van der Waals surface area contributed by atoms with Gasteiger partial charge >= 0.3 is 5.97 Å². The Bertz CT molecular complexity index is 730. The predicted molar refractivity (Wildman–Crippen MR) is 77.8 cm³/mol. The van der Waals surface area contributed by atoms with E-state index in [1.54, 1.807) is 18.2 Å². The molecular formula is C14H13ClN2O4. The van der Waals surface area contributed by atoms with E-state index in [1.165, 1.54) is 0 Å². The van der Waals surface area contributed by atoms with E-state index in [9.17, 15) is 14.7 Å². The number of carbonyl (C=O) groups excluding carboxylic acids is 1. The number of aryl methyl sites for hydroxylation is 1. The van der Waals surface area contributed by atoms with Crippen LogP contribution < -0.4 is 5.32 Å². The van der Waals surface area contributed by atoms with Gasteiger partial charge in [0.2, 0.25) is 0 Å². The summed E-state index contributed by atoms with van der Waals surface area (Å²) in [7, 11) is 0. The molecule has 0 bridgehead atoms. The van der Waals surface area contributed by atoms with Gasteiger partial charge in [0.25, 0.3) is 5.91 Å². The van der Waals surface area contributed by atoms with Gasteiger partial charge in [0, 0.05) is 16.0 Å².